The van der Waals surface area contributed by atoms with Gasteiger partial charge < -0.3 is 5.11 Å². The molecule has 0 amide bonds. The first-order valence-corrected chi connectivity index (χ1v) is 8.16. The molecule has 0 radical (unpaired) electrons. The lowest BCUT2D eigenvalue weighted by atomic mass is 10.2. The molecule has 1 heterocycles. The number of aromatic hydroxyl groups is 1. The van der Waals surface area contributed by atoms with Crippen molar-refractivity contribution >= 4 is 17.1 Å². The Bertz CT molecular complexity index is 905. The van der Waals surface area contributed by atoms with Crippen LogP contribution in [0.1, 0.15) is 5.56 Å². The minimum absolute atomic E-state index is 0.0928. The van der Waals surface area contributed by atoms with Crippen molar-refractivity contribution in [3.8, 4) is 11.6 Å². The Morgan fingerprint density at radius 3 is 2.32 bits per heavy atom. The summed E-state index contributed by atoms with van der Waals surface area (Å²) in [7, 11) is 6.31. The Morgan fingerprint density at radius 1 is 0.920 bits per heavy atom. The fourth-order valence-electron chi connectivity index (χ4n) is 2.60. The van der Waals surface area contributed by atoms with Crippen molar-refractivity contribution in [2.45, 2.75) is 6.92 Å². The SMILES string of the molecule is Cc1cn(-c2ccccc2)c(O)c1N=Nc1cccc([N+](C)(C)C)c1. The van der Waals surface area contributed by atoms with Gasteiger partial charge in [0.2, 0.25) is 5.88 Å². The van der Waals surface area contributed by atoms with Crippen molar-refractivity contribution in [1.82, 2.24) is 9.05 Å². The second-order valence-corrected chi connectivity index (χ2v) is 6.92. The van der Waals surface area contributed by atoms with Gasteiger partial charge in [-0.1, -0.05) is 24.3 Å². The van der Waals surface area contributed by atoms with E-state index in [0.29, 0.717) is 10.2 Å². The predicted molar refractivity (Wildman–Crippen MR) is 102 cm³/mol. The van der Waals surface area contributed by atoms with Gasteiger partial charge in [-0.3, -0.25) is 9.05 Å². The molecule has 0 aliphatic rings. The van der Waals surface area contributed by atoms with E-state index in [4.69, 9.17) is 0 Å². The quantitative estimate of drug-likeness (QED) is 0.523. The van der Waals surface area contributed by atoms with E-state index in [0.717, 1.165) is 22.6 Å². The van der Waals surface area contributed by atoms with Gasteiger partial charge in [0.1, 0.15) is 5.69 Å². The van der Waals surface area contributed by atoms with Crippen LogP contribution in [0.2, 0.25) is 0 Å². The summed E-state index contributed by atoms with van der Waals surface area (Å²) in [5, 5.41) is 19.1. The van der Waals surface area contributed by atoms with Gasteiger partial charge in [-0.05, 0) is 36.8 Å². The van der Waals surface area contributed by atoms with Crippen LogP contribution in [0.3, 0.4) is 0 Å². The maximum absolute atomic E-state index is 10.5. The van der Waals surface area contributed by atoms with E-state index in [2.05, 4.69) is 37.4 Å². The number of azo groups is 1. The average Bonchev–Trinajstić information content (AvgIpc) is 2.88. The second kappa shape index (κ2) is 6.53. The van der Waals surface area contributed by atoms with Crippen LogP contribution >= 0.6 is 0 Å². The third kappa shape index (κ3) is 3.61. The molecule has 0 saturated heterocycles. The van der Waals surface area contributed by atoms with E-state index < -0.39 is 0 Å². The monoisotopic (exact) mass is 335 g/mol. The summed E-state index contributed by atoms with van der Waals surface area (Å²) in [6.45, 7) is 1.91. The zero-order chi connectivity index (χ0) is 18.0. The molecule has 128 valence electrons. The van der Waals surface area contributed by atoms with E-state index in [1.54, 1.807) is 4.57 Å². The van der Waals surface area contributed by atoms with Crippen LogP contribution in [-0.2, 0) is 0 Å². The van der Waals surface area contributed by atoms with Crippen LogP contribution in [0, 0.1) is 6.92 Å². The molecular formula is C20H23N4O+. The van der Waals surface area contributed by atoms with E-state index in [1.807, 2.05) is 61.7 Å². The first-order chi connectivity index (χ1) is 11.9. The first-order valence-electron chi connectivity index (χ1n) is 8.16. The van der Waals surface area contributed by atoms with Crippen LogP contribution in [0.4, 0.5) is 17.1 Å². The van der Waals surface area contributed by atoms with Crippen molar-refractivity contribution in [3.05, 3.63) is 66.4 Å². The minimum Gasteiger partial charge on any atom is -0.493 e. The molecule has 3 aromatic rings. The zero-order valence-corrected chi connectivity index (χ0v) is 15.0. The lowest BCUT2D eigenvalue weighted by Gasteiger charge is -2.23. The Labute approximate surface area is 148 Å². The number of nitrogens with zero attached hydrogens (tertiary/aromatic N) is 4. The highest BCUT2D eigenvalue weighted by Crippen LogP contribution is 2.36. The third-order valence-corrected chi connectivity index (χ3v) is 4.04. The summed E-state index contributed by atoms with van der Waals surface area (Å²) in [6.07, 6.45) is 1.86. The van der Waals surface area contributed by atoms with Gasteiger partial charge in [-0.15, -0.1) is 5.11 Å². The van der Waals surface area contributed by atoms with Crippen LogP contribution in [-0.4, -0.2) is 30.8 Å². The van der Waals surface area contributed by atoms with E-state index in [9.17, 15) is 5.11 Å². The van der Waals surface area contributed by atoms with E-state index in [-0.39, 0.29) is 5.88 Å². The summed E-state index contributed by atoms with van der Waals surface area (Å²) in [5.74, 6) is 0.0928. The number of aryl methyl sites for hydroxylation is 1. The molecule has 2 aromatic carbocycles. The molecule has 0 saturated carbocycles. The molecule has 0 unspecified atom stereocenters. The Balaban J connectivity index is 1.94. The highest BCUT2D eigenvalue weighted by molar-refractivity contribution is 5.59. The highest BCUT2D eigenvalue weighted by Gasteiger charge is 2.14. The predicted octanol–water partition coefficient (Wildman–Crippen LogP) is 5.10. The molecule has 0 fully saturated rings. The molecule has 5 nitrogen and oxygen atoms in total. The van der Waals surface area contributed by atoms with Crippen molar-refractivity contribution in [2.24, 2.45) is 10.2 Å². The molecular weight excluding hydrogens is 312 g/mol. The zero-order valence-electron chi connectivity index (χ0n) is 15.0. The third-order valence-electron chi connectivity index (χ3n) is 4.04. The maximum Gasteiger partial charge on any atom is 0.224 e. The van der Waals surface area contributed by atoms with Crippen molar-refractivity contribution in [2.75, 3.05) is 21.1 Å². The van der Waals surface area contributed by atoms with Gasteiger partial charge in [0.15, 0.2) is 5.69 Å². The van der Waals surface area contributed by atoms with E-state index in [1.165, 1.54) is 0 Å². The van der Waals surface area contributed by atoms with Gasteiger partial charge in [0.25, 0.3) is 0 Å². The standard InChI is InChI=1S/C20H22N4O/c1-15-14-23(17-10-6-5-7-11-17)20(25)19(15)22-21-16-9-8-12-18(13-16)24(2,3)4/h5-14H,1-4H3/p+1. The number of rotatable bonds is 4. The number of para-hydroxylation sites is 1. The first kappa shape index (κ1) is 16.9. The second-order valence-electron chi connectivity index (χ2n) is 6.92. The summed E-state index contributed by atoms with van der Waals surface area (Å²) in [4.78, 5) is 0. The minimum atomic E-state index is 0.0928. The topological polar surface area (TPSA) is 49.9 Å². The largest absolute Gasteiger partial charge is 0.493 e. The Morgan fingerprint density at radius 2 is 1.64 bits per heavy atom. The van der Waals surface area contributed by atoms with Crippen molar-refractivity contribution in [1.29, 1.82) is 0 Å². The molecule has 1 N–H and O–H groups in total. The summed E-state index contributed by atoms with van der Waals surface area (Å²) >= 11 is 0. The Hall–Kier alpha value is -2.92. The Kier molecular flexibility index (Phi) is 4.42. The lowest BCUT2D eigenvalue weighted by Crippen LogP contribution is -2.34. The van der Waals surface area contributed by atoms with E-state index >= 15 is 0 Å². The number of hydrogen-bond donors (Lipinski definition) is 1. The molecule has 5 heteroatoms. The van der Waals surface area contributed by atoms with Gasteiger partial charge >= 0.3 is 0 Å². The highest BCUT2D eigenvalue weighted by atomic mass is 16.3. The fourth-order valence-corrected chi connectivity index (χ4v) is 2.60. The molecule has 1 aromatic heterocycles. The number of benzene rings is 2. The average molecular weight is 335 g/mol. The number of quaternary nitrogens is 1. The van der Waals surface area contributed by atoms with Gasteiger partial charge in [-0.2, -0.15) is 5.11 Å². The molecule has 0 spiro atoms. The van der Waals surface area contributed by atoms with Crippen LogP contribution in [0.5, 0.6) is 5.88 Å². The van der Waals surface area contributed by atoms with Crippen LogP contribution in [0.15, 0.2) is 71.0 Å². The summed E-state index contributed by atoms with van der Waals surface area (Å²) < 4.78 is 2.42. The normalized spacial score (nSPS) is 12.0. The maximum atomic E-state index is 10.5. The molecule has 0 aliphatic carbocycles. The van der Waals surface area contributed by atoms with Crippen LogP contribution < -0.4 is 4.48 Å². The van der Waals surface area contributed by atoms with Gasteiger partial charge in [0.05, 0.1) is 26.8 Å². The fraction of sp³-hybridized carbons (Fsp3) is 0.200. The summed E-state index contributed by atoms with van der Waals surface area (Å²) in [6, 6.07) is 17.6. The molecule has 3 rings (SSSR count). The summed E-state index contributed by atoms with van der Waals surface area (Å²) in [5.41, 5.74) is 4.14. The molecule has 0 atom stereocenters. The number of aromatic nitrogens is 1. The number of hydrogen-bond acceptors (Lipinski definition) is 3. The molecule has 0 bridgehead atoms. The van der Waals surface area contributed by atoms with Crippen molar-refractivity contribution < 1.29 is 5.11 Å². The van der Waals surface area contributed by atoms with Gasteiger partial charge in [-0.25, -0.2) is 0 Å². The van der Waals surface area contributed by atoms with Crippen LogP contribution in [0.25, 0.3) is 5.69 Å². The molecule has 25 heavy (non-hydrogen) atoms. The lowest BCUT2D eigenvalue weighted by molar-refractivity contribution is 0.444. The van der Waals surface area contributed by atoms with Crippen molar-refractivity contribution in [3.63, 3.8) is 0 Å². The van der Waals surface area contributed by atoms with Gasteiger partial charge in [0, 0.05) is 18.0 Å². The smallest absolute Gasteiger partial charge is 0.224 e. The molecule has 0 aliphatic heterocycles.